The maximum Gasteiger partial charge on any atom is 0.123 e. The molecule has 1 aliphatic rings. The lowest BCUT2D eigenvalue weighted by Crippen LogP contribution is -2.23. The zero-order valence-electron chi connectivity index (χ0n) is 18.2. The van der Waals surface area contributed by atoms with Crippen LogP contribution in [0, 0.1) is 17.1 Å². The SMILES string of the molecule is N#Cc1c(-c2ccc(F)cc2)c(NC2CCCCC2)n2c1ccc1ccc3cccnc3c12. The van der Waals surface area contributed by atoms with E-state index in [2.05, 4.69) is 40.1 Å². The van der Waals surface area contributed by atoms with Gasteiger partial charge in [-0.05, 0) is 42.7 Å². The molecular weight excluding hydrogens is 411 g/mol. The monoisotopic (exact) mass is 434 g/mol. The van der Waals surface area contributed by atoms with E-state index in [0.717, 1.165) is 57.1 Å². The normalized spacial score (nSPS) is 14.7. The highest BCUT2D eigenvalue weighted by atomic mass is 19.1. The number of aromatic nitrogens is 2. The number of nitriles is 1. The van der Waals surface area contributed by atoms with Gasteiger partial charge in [0.05, 0.1) is 22.1 Å². The topological polar surface area (TPSA) is 53.1 Å². The lowest BCUT2D eigenvalue weighted by Gasteiger charge is -2.25. The van der Waals surface area contributed by atoms with E-state index >= 15 is 0 Å². The van der Waals surface area contributed by atoms with Crippen LogP contribution in [0.2, 0.25) is 0 Å². The van der Waals surface area contributed by atoms with Gasteiger partial charge in [0.2, 0.25) is 0 Å². The number of hydrogen-bond acceptors (Lipinski definition) is 3. The predicted octanol–water partition coefficient (Wildman–Crippen LogP) is 7.06. The summed E-state index contributed by atoms with van der Waals surface area (Å²) in [6.45, 7) is 0. The largest absolute Gasteiger partial charge is 0.368 e. The molecule has 1 fully saturated rings. The zero-order valence-corrected chi connectivity index (χ0v) is 18.2. The number of rotatable bonds is 3. The molecule has 3 aromatic heterocycles. The number of pyridine rings is 2. The first-order valence-electron chi connectivity index (χ1n) is 11.5. The molecule has 1 N–H and O–H groups in total. The third-order valence-corrected chi connectivity index (χ3v) is 6.82. The molecule has 162 valence electrons. The first kappa shape index (κ1) is 19.8. The van der Waals surface area contributed by atoms with Crippen molar-refractivity contribution in [1.29, 1.82) is 5.26 Å². The van der Waals surface area contributed by atoms with Gasteiger partial charge in [0.25, 0.3) is 0 Å². The van der Waals surface area contributed by atoms with Gasteiger partial charge in [-0.15, -0.1) is 0 Å². The van der Waals surface area contributed by atoms with Gasteiger partial charge in [-0.1, -0.05) is 55.7 Å². The summed E-state index contributed by atoms with van der Waals surface area (Å²) in [5, 5.41) is 16.2. The molecule has 4 nitrogen and oxygen atoms in total. The predicted molar refractivity (Wildman–Crippen MR) is 131 cm³/mol. The van der Waals surface area contributed by atoms with E-state index in [1.807, 2.05) is 18.3 Å². The molecule has 0 unspecified atom stereocenters. The molecule has 2 aromatic carbocycles. The van der Waals surface area contributed by atoms with Crippen LogP contribution in [-0.4, -0.2) is 15.4 Å². The Morgan fingerprint density at radius 2 is 1.70 bits per heavy atom. The summed E-state index contributed by atoms with van der Waals surface area (Å²) in [7, 11) is 0. The minimum Gasteiger partial charge on any atom is -0.368 e. The van der Waals surface area contributed by atoms with Gasteiger partial charge in [-0.3, -0.25) is 9.38 Å². The summed E-state index contributed by atoms with van der Waals surface area (Å²) in [6, 6.07) is 21.5. The van der Waals surface area contributed by atoms with Gasteiger partial charge >= 0.3 is 0 Å². The van der Waals surface area contributed by atoms with Crippen LogP contribution < -0.4 is 5.32 Å². The van der Waals surface area contributed by atoms with Gasteiger partial charge in [-0.2, -0.15) is 5.26 Å². The van der Waals surface area contributed by atoms with E-state index in [9.17, 15) is 9.65 Å². The first-order chi connectivity index (χ1) is 16.2. The molecule has 0 aliphatic heterocycles. The highest BCUT2D eigenvalue weighted by Crippen LogP contribution is 2.41. The van der Waals surface area contributed by atoms with Crippen LogP contribution in [0.15, 0.2) is 66.9 Å². The summed E-state index contributed by atoms with van der Waals surface area (Å²) in [5.41, 5.74) is 4.96. The maximum absolute atomic E-state index is 13.8. The molecule has 0 radical (unpaired) electrons. The summed E-state index contributed by atoms with van der Waals surface area (Å²) >= 11 is 0. The Bertz CT molecular complexity index is 1540. The maximum atomic E-state index is 13.8. The molecule has 5 aromatic rings. The minimum absolute atomic E-state index is 0.288. The van der Waals surface area contributed by atoms with Crippen LogP contribution in [-0.2, 0) is 0 Å². The highest BCUT2D eigenvalue weighted by Gasteiger charge is 2.25. The fraction of sp³-hybridized carbons (Fsp3) is 0.214. The Morgan fingerprint density at radius 1 is 0.939 bits per heavy atom. The van der Waals surface area contributed by atoms with E-state index in [1.165, 1.54) is 31.4 Å². The number of nitrogens with one attached hydrogen (secondary N) is 1. The molecule has 0 atom stereocenters. The third-order valence-electron chi connectivity index (χ3n) is 6.82. The van der Waals surface area contributed by atoms with Gasteiger partial charge in [0.1, 0.15) is 17.7 Å². The lowest BCUT2D eigenvalue weighted by atomic mass is 9.95. The van der Waals surface area contributed by atoms with Crippen LogP contribution in [0.1, 0.15) is 37.7 Å². The number of fused-ring (bicyclic) bond motifs is 5. The molecule has 0 amide bonds. The average Bonchev–Trinajstić information content (AvgIpc) is 3.18. The van der Waals surface area contributed by atoms with Gasteiger partial charge in [-0.25, -0.2) is 4.39 Å². The molecule has 0 saturated heterocycles. The van der Waals surface area contributed by atoms with Crippen LogP contribution in [0.3, 0.4) is 0 Å². The molecule has 5 heteroatoms. The fourth-order valence-electron chi connectivity index (χ4n) is 5.25. The number of anilines is 1. The zero-order chi connectivity index (χ0) is 22.4. The number of nitrogens with zero attached hydrogens (tertiary/aromatic N) is 3. The van der Waals surface area contributed by atoms with E-state index in [0.29, 0.717) is 11.6 Å². The molecule has 1 aliphatic carbocycles. The van der Waals surface area contributed by atoms with Crippen LogP contribution >= 0.6 is 0 Å². The van der Waals surface area contributed by atoms with Crippen molar-refractivity contribution >= 4 is 33.1 Å². The number of hydrogen-bond donors (Lipinski definition) is 1. The molecular formula is C28H23FN4. The van der Waals surface area contributed by atoms with Crippen molar-refractivity contribution in [1.82, 2.24) is 9.38 Å². The Morgan fingerprint density at radius 3 is 2.48 bits per heavy atom. The van der Waals surface area contributed by atoms with E-state index in [-0.39, 0.29) is 5.82 Å². The second-order valence-electron chi connectivity index (χ2n) is 8.83. The summed E-state index contributed by atoms with van der Waals surface area (Å²) in [4.78, 5) is 4.72. The van der Waals surface area contributed by atoms with Crippen LogP contribution in [0.5, 0.6) is 0 Å². The van der Waals surface area contributed by atoms with Gasteiger partial charge in [0.15, 0.2) is 0 Å². The third kappa shape index (κ3) is 3.22. The fourth-order valence-corrected chi connectivity index (χ4v) is 5.25. The Kier molecular flexibility index (Phi) is 4.73. The van der Waals surface area contributed by atoms with Gasteiger partial charge < -0.3 is 5.32 Å². The highest BCUT2D eigenvalue weighted by molar-refractivity contribution is 6.07. The van der Waals surface area contributed by atoms with Crippen molar-refractivity contribution in [3.05, 3.63) is 78.2 Å². The Labute approximate surface area is 191 Å². The van der Waals surface area contributed by atoms with E-state index in [4.69, 9.17) is 4.98 Å². The van der Waals surface area contributed by atoms with Crippen molar-refractivity contribution in [3.8, 4) is 17.2 Å². The number of halogens is 1. The Balaban J connectivity index is 1.75. The van der Waals surface area contributed by atoms with Crippen molar-refractivity contribution in [3.63, 3.8) is 0 Å². The standard InChI is InChI=1S/C28H23FN4/c29-21-13-10-18(11-14-21)25-23(17-30)24-15-12-20-9-8-19-5-4-16-31-26(19)27(20)33(24)28(25)32-22-6-2-1-3-7-22/h4-5,8-16,22,32H,1-3,6-7H2. The summed E-state index contributed by atoms with van der Waals surface area (Å²) in [6.07, 6.45) is 7.67. The lowest BCUT2D eigenvalue weighted by molar-refractivity contribution is 0.462. The molecule has 6 rings (SSSR count). The summed E-state index contributed by atoms with van der Waals surface area (Å²) < 4.78 is 15.9. The molecule has 3 heterocycles. The van der Waals surface area contributed by atoms with Gasteiger partial charge in [0, 0.05) is 28.6 Å². The van der Waals surface area contributed by atoms with E-state index < -0.39 is 0 Å². The molecule has 33 heavy (non-hydrogen) atoms. The minimum atomic E-state index is -0.288. The quantitative estimate of drug-likeness (QED) is 0.309. The smallest absolute Gasteiger partial charge is 0.123 e. The second kappa shape index (κ2) is 7.90. The average molecular weight is 435 g/mol. The Hall–Kier alpha value is -3.91. The first-order valence-corrected chi connectivity index (χ1v) is 11.5. The van der Waals surface area contributed by atoms with E-state index in [1.54, 1.807) is 12.1 Å². The second-order valence-corrected chi connectivity index (χ2v) is 8.83. The van der Waals surface area contributed by atoms with Crippen LogP contribution in [0.4, 0.5) is 10.2 Å². The molecule has 0 spiro atoms. The summed E-state index contributed by atoms with van der Waals surface area (Å²) in [5.74, 6) is 0.604. The number of benzene rings is 2. The molecule has 0 bridgehead atoms. The van der Waals surface area contributed by atoms with Crippen LogP contribution in [0.25, 0.3) is 38.4 Å². The van der Waals surface area contributed by atoms with Crippen molar-refractivity contribution < 1.29 is 4.39 Å². The van der Waals surface area contributed by atoms with Crippen molar-refractivity contribution in [2.75, 3.05) is 5.32 Å². The van der Waals surface area contributed by atoms with Crippen molar-refractivity contribution in [2.24, 2.45) is 0 Å². The van der Waals surface area contributed by atoms with Crippen molar-refractivity contribution in [2.45, 2.75) is 38.1 Å². The molecule has 1 saturated carbocycles.